The number of rotatable bonds is 6. The normalized spacial score (nSPS) is 20.2. The Kier molecular flexibility index (Phi) is 4.32. The van der Waals surface area contributed by atoms with Crippen molar-refractivity contribution in [2.45, 2.75) is 32.7 Å². The monoisotopic (exact) mass is 315 g/mol. The van der Waals surface area contributed by atoms with E-state index in [-0.39, 0.29) is 11.8 Å². The van der Waals surface area contributed by atoms with E-state index in [1.165, 1.54) is 0 Å². The molecule has 2 aromatic rings. The van der Waals surface area contributed by atoms with Crippen molar-refractivity contribution < 1.29 is 14.7 Å². The average Bonchev–Trinajstić information content (AvgIpc) is 2.82. The molecule has 1 heterocycles. The van der Waals surface area contributed by atoms with Gasteiger partial charge >= 0.3 is 5.97 Å². The van der Waals surface area contributed by atoms with Crippen LogP contribution < -0.4 is 5.32 Å². The molecular weight excluding hydrogens is 294 g/mol. The van der Waals surface area contributed by atoms with E-state index < -0.39 is 11.9 Å². The molecule has 1 aromatic heterocycles. The smallest absolute Gasteiger partial charge is 0.307 e. The fourth-order valence-electron chi connectivity index (χ4n) is 3.21. The summed E-state index contributed by atoms with van der Waals surface area (Å²) in [6.07, 6.45) is 1.90. The average molecular weight is 315 g/mol. The number of hydrogen-bond donors (Lipinski definition) is 2. The minimum absolute atomic E-state index is 0.150. The van der Waals surface area contributed by atoms with E-state index in [4.69, 9.17) is 5.11 Å². The first-order valence-corrected chi connectivity index (χ1v) is 8.06. The Morgan fingerprint density at radius 3 is 2.70 bits per heavy atom. The second-order valence-corrected chi connectivity index (χ2v) is 5.93. The highest BCUT2D eigenvalue weighted by atomic mass is 16.4. The predicted octanol–water partition coefficient (Wildman–Crippen LogP) is 1.83. The maximum absolute atomic E-state index is 12.1. The SMILES string of the molecule is CCn1c(CCNC(=O)C2CCC2C(=O)O)nc2ccccc21. The van der Waals surface area contributed by atoms with E-state index in [1.54, 1.807) is 0 Å². The molecule has 0 bridgehead atoms. The summed E-state index contributed by atoms with van der Waals surface area (Å²) in [6, 6.07) is 7.98. The zero-order valence-corrected chi connectivity index (χ0v) is 13.2. The highest BCUT2D eigenvalue weighted by Crippen LogP contribution is 2.34. The number of carboxylic acid groups (broad SMARTS) is 1. The molecule has 6 heteroatoms. The summed E-state index contributed by atoms with van der Waals surface area (Å²) in [6.45, 7) is 3.38. The van der Waals surface area contributed by atoms with Crippen LogP contribution in [0.4, 0.5) is 0 Å². The van der Waals surface area contributed by atoms with Gasteiger partial charge in [-0.3, -0.25) is 9.59 Å². The Bertz CT molecular complexity index is 738. The fourth-order valence-corrected chi connectivity index (χ4v) is 3.21. The predicted molar refractivity (Wildman–Crippen MR) is 86.0 cm³/mol. The second-order valence-electron chi connectivity index (χ2n) is 5.93. The van der Waals surface area contributed by atoms with Crippen LogP contribution in [0.2, 0.25) is 0 Å². The van der Waals surface area contributed by atoms with Crippen LogP contribution in [0, 0.1) is 11.8 Å². The molecular formula is C17H21N3O3. The van der Waals surface area contributed by atoms with Crippen molar-refractivity contribution in [1.82, 2.24) is 14.9 Å². The van der Waals surface area contributed by atoms with Crippen molar-refractivity contribution in [2.75, 3.05) is 6.54 Å². The summed E-state index contributed by atoms with van der Waals surface area (Å²) in [4.78, 5) is 27.7. The summed E-state index contributed by atoms with van der Waals surface area (Å²) in [5.74, 6) is -0.975. The lowest BCUT2D eigenvalue weighted by atomic mass is 9.73. The fraction of sp³-hybridized carbons (Fsp3) is 0.471. The Morgan fingerprint density at radius 2 is 2.04 bits per heavy atom. The number of carbonyl (C=O) groups excluding carboxylic acids is 1. The van der Waals surface area contributed by atoms with Crippen LogP contribution in [0.15, 0.2) is 24.3 Å². The largest absolute Gasteiger partial charge is 0.481 e. The van der Waals surface area contributed by atoms with Gasteiger partial charge in [0.2, 0.25) is 5.91 Å². The molecule has 1 aliphatic rings. The number of para-hydroxylation sites is 2. The molecule has 1 saturated carbocycles. The van der Waals surface area contributed by atoms with Gasteiger partial charge in [0.15, 0.2) is 0 Å². The quantitative estimate of drug-likeness (QED) is 0.851. The van der Waals surface area contributed by atoms with Gasteiger partial charge < -0.3 is 15.0 Å². The minimum Gasteiger partial charge on any atom is -0.481 e. The van der Waals surface area contributed by atoms with Gasteiger partial charge in [0.1, 0.15) is 5.82 Å². The number of aryl methyl sites for hydroxylation is 1. The Labute approximate surface area is 134 Å². The van der Waals surface area contributed by atoms with Gasteiger partial charge in [-0.1, -0.05) is 12.1 Å². The number of aromatic nitrogens is 2. The van der Waals surface area contributed by atoms with Crippen LogP contribution >= 0.6 is 0 Å². The Morgan fingerprint density at radius 1 is 1.30 bits per heavy atom. The Balaban J connectivity index is 1.61. The summed E-state index contributed by atoms with van der Waals surface area (Å²) < 4.78 is 2.14. The van der Waals surface area contributed by atoms with Crippen LogP contribution in [0.5, 0.6) is 0 Å². The van der Waals surface area contributed by atoms with Gasteiger partial charge in [-0.25, -0.2) is 4.98 Å². The van der Waals surface area contributed by atoms with Crippen molar-refractivity contribution in [3.63, 3.8) is 0 Å². The lowest BCUT2D eigenvalue weighted by Gasteiger charge is -2.31. The molecule has 0 aliphatic heterocycles. The third-order valence-electron chi connectivity index (χ3n) is 4.63. The number of amides is 1. The second kappa shape index (κ2) is 6.40. The van der Waals surface area contributed by atoms with E-state index in [0.29, 0.717) is 25.8 Å². The summed E-state index contributed by atoms with van der Waals surface area (Å²) in [7, 11) is 0. The number of aliphatic carboxylic acids is 1. The zero-order chi connectivity index (χ0) is 16.4. The molecule has 2 N–H and O–H groups in total. The first-order chi connectivity index (χ1) is 11.1. The maximum atomic E-state index is 12.1. The number of carbonyl (C=O) groups is 2. The van der Waals surface area contributed by atoms with Crippen LogP contribution in [-0.4, -0.2) is 33.1 Å². The number of carboxylic acids is 1. The van der Waals surface area contributed by atoms with Gasteiger partial charge in [-0.2, -0.15) is 0 Å². The van der Waals surface area contributed by atoms with E-state index in [2.05, 4.69) is 21.8 Å². The lowest BCUT2D eigenvalue weighted by Crippen LogP contribution is -2.44. The molecule has 6 nitrogen and oxygen atoms in total. The van der Waals surface area contributed by atoms with Gasteiger partial charge in [-0.05, 0) is 31.9 Å². The molecule has 1 aromatic carbocycles. The van der Waals surface area contributed by atoms with E-state index in [0.717, 1.165) is 23.4 Å². The van der Waals surface area contributed by atoms with E-state index >= 15 is 0 Å². The highest BCUT2D eigenvalue weighted by molar-refractivity contribution is 5.86. The molecule has 0 radical (unpaired) electrons. The Hall–Kier alpha value is -2.37. The summed E-state index contributed by atoms with van der Waals surface area (Å²) in [5.41, 5.74) is 2.06. The summed E-state index contributed by atoms with van der Waals surface area (Å²) in [5, 5.41) is 11.9. The van der Waals surface area contributed by atoms with Crippen LogP contribution in [0.25, 0.3) is 11.0 Å². The molecule has 2 atom stereocenters. The van der Waals surface area contributed by atoms with Crippen molar-refractivity contribution in [3.05, 3.63) is 30.1 Å². The number of nitrogens with zero attached hydrogens (tertiary/aromatic N) is 2. The molecule has 1 fully saturated rings. The third kappa shape index (κ3) is 2.93. The minimum atomic E-state index is -0.871. The molecule has 2 unspecified atom stereocenters. The molecule has 0 spiro atoms. The number of hydrogen-bond acceptors (Lipinski definition) is 3. The van der Waals surface area contributed by atoms with Crippen LogP contribution in [0.3, 0.4) is 0 Å². The topological polar surface area (TPSA) is 84.2 Å². The first kappa shape index (κ1) is 15.5. The van der Waals surface area contributed by atoms with Gasteiger partial charge in [0, 0.05) is 19.5 Å². The maximum Gasteiger partial charge on any atom is 0.307 e. The molecule has 122 valence electrons. The van der Waals surface area contributed by atoms with Gasteiger partial charge in [0.25, 0.3) is 0 Å². The third-order valence-corrected chi connectivity index (χ3v) is 4.63. The zero-order valence-electron chi connectivity index (χ0n) is 13.2. The first-order valence-electron chi connectivity index (χ1n) is 8.06. The van der Waals surface area contributed by atoms with Crippen molar-refractivity contribution >= 4 is 22.9 Å². The number of nitrogens with one attached hydrogen (secondary N) is 1. The van der Waals surface area contributed by atoms with Crippen molar-refractivity contribution in [3.8, 4) is 0 Å². The summed E-state index contributed by atoms with van der Waals surface area (Å²) >= 11 is 0. The van der Waals surface area contributed by atoms with Crippen molar-refractivity contribution in [2.24, 2.45) is 11.8 Å². The van der Waals surface area contributed by atoms with Crippen LogP contribution in [0.1, 0.15) is 25.6 Å². The van der Waals surface area contributed by atoms with E-state index in [9.17, 15) is 9.59 Å². The molecule has 1 aliphatic carbocycles. The number of imidazole rings is 1. The van der Waals surface area contributed by atoms with Crippen LogP contribution in [-0.2, 0) is 22.6 Å². The van der Waals surface area contributed by atoms with Gasteiger partial charge in [-0.15, -0.1) is 0 Å². The molecule has 0 saturated heterocycles. The van der Waals surface area contributed by atoms with E-state index in [1.807, 2.05) is 24.3 Å². The molecule has 23 heavy (non-hydrogen) atoms. The molecule has 1 amide bonds. The molecule has 3 rings (SSSR count). The number of benzene rings is 1. The highest BCUT2D eigenvalue weighted by Gasteiger charge is 2.41. The van der Waals surface area contributed by atoms with Gasteiger partial charge in [0.05, 0.1) is 22.9 Å². The van der Waals surface area contributed by atoms with Crippen molar-refractivity contribution in [1.29, 1.82) is 0 Å². The lowest BCUT2D eigenvalue weighted by molar-refractivity contribution is -0.152. The standard InChI is InChI=1S/C17H21N3O3/c1-2-20-14-6-4-3-5-13(14)19-15(20)9-10-18-16(21)11-7-8-12(11)17(22)23/h3-6,11-12H,2,7-10H2,1H3,(H,18,21)(H,22,23). The number of fused-ring (bicyclic) bond motifs is 1.